The molecule has 5 N–H and O–H groups in total. The van der Waals surface area contributed by atoms with E-state index in [-0.39, 0.29) is 44.4 Å². The van der Waals surface area contributed by atoms with Crippen molar-refractivity contribution in [2.75, 3.05) is 54.9 Å². The Kier molecular flexibility index (Phi) is 10.2. The molecule has 0 unspecified atom stereocenters. The minimum atomic E-state index is -1.16. The summed E-state index contributed by atoms with van der Waals surface area (Å²) in [6.07, 6.45) is 0.884. The molecule has 5 amide bonds. The van der Waals surface area contributed by atoms with Gasteiger partial charge in [-0.3, -0.25) is 14.4 Å². The van der Waals surface area contributed by atoms with Gasteiger partial charge in [0, 0.05) is 53.4 Å². The van der Waals surface area contributed by atoms with Crippen molar-refractivity contribution >= 4 is 69.3 Å². The van der Waals surface area contributed by atoms with Gasteiger partial charge in [-0.2, -0.15) is 4.68 Å². The van der Waals surface area contributed by atoms with Gasteiger partial charge in [0.05, 0.1) is 37.2 Å². The van der Waals surface area contributed by atoms with E-state index < -0.39 is 35.8 Å². The summed E-state index contributed by atoms with van der Waals surface area (Å²) >= 11 is 6.30. The number of amides is 5. The Morgan fingerprint density at radius 1 is 0.944 bits per heavy atom. The zero-order valence-electron chi connectivity index (χ0n) is 28.4. The fourth-order valence-corrected chi connectivity index (χ4v) is 6.58. The van der Waals surface area contributed by atoms with Crippen LogP contribution in [0.4, 0.5) is 21.9 Å². The highest BCUT2D eigenvalue weighted by Crippen LogP contribution is 2.30. The summed E-state index contributed by atoms with van der Waals surface area (Å²) in [5, 5.41) is 36.5. The number of carbonyl (C=O) groups excluding carboxylic acids is 4. The minimum absolute atomic E-state index is 0.00330. The van der Waals surface area contributed by atoms with E-state index in [0.29, 0.717) is 57.4 Å². The maximum atomic E-state index is 14.1. The van der Waals surface area contributed by atoms with Crippen LogP contribution in [-0.2, 0) is 25.5 Å². The molecule has 2 aliphatic rings. The molecule has 2 aromatic heterocycles. The van der Waals surface area contributed by atoms with Crippen LogP contribution in [-0.4, -0.2) is 126 Å². The Balaban J connectivity index is 1.13. The molecule has 0 spiro atoms. The number of aromatic amines is 1. The van der Waals surface area contributed by atoms with Crippen LogP contribution in [0, 0.1) is 0 Å². The number of hydrogen-bond acceptors (Lipinski definition) is 10. The Bertz CT molecular complexity index is 2230. The molecule has 278 valence electrons. The normalized spacial score (nSPS) is 16.8. The molecule has 7 rings (SSSR count). The van der Waals surface area contributed by atoms with E-state index in [1.807, 2.05) is 0 Å². The number of fused-ring (bicyclic) bond motifs is 1. The summed E-state index contributed by atoms with van der Waals surface area (Å²) in [5.41, 5.74) is 2.71. The molecule has 2 saturated heterocycles. The average Bonchev–Trinajstić information content (AvgIpc) is 3.87. The number of aliphatic hydroxyl groups is 1. The van der Waals surface area contributed by atoms with Crippen molar-refractivity contribution in [1.82, 2.24) is 35.0 Å². The lowest BCUT2D eigenvalue weighted by Crippen LogP contribution is -2.60. The number of aliphatic hydroxyl groups excluding tert-OH is 1. The van der Waals surface area contributed by atoms with Crippen molar-refractivity contribution in [2.24, 2.45) is 0 Å². The predicted octanol–water partition coefficient (Wildman–Crippen LogP) is 2.15. The van der Waals surface area contributed by atoms with Gasteiger partial charge in [-0.25, -0.2) is 9.59 Å². The summed E-state index contributed by atoms with van der Waals surface area (Å²) in [6.45, 7) is 0.701. The second-order valence-corrected chi connectivity index (χ2v) is 13.0. The molecule has 5 aromatic rings. The molecule has 2 fully saturated rings. The lowest BCUT2D eigenvalue weighted by atomic mass is 10.0. The number of hydrogen-bond donors (Lipinski definition) is 5. The third kappa shape index (κ3) is 7.56. The lowest BCUT2D eigenvalue weighted by Gasteiger charge is -2.38. The summed E-state index contributed by atoms with van der Waals surface area (Å²) in [6, 6.07) is 16.2. The Labute approximate surface area is 311 Å². The molecular weight excluding hydrogens is 724 g/mol. The second kappa shape index (κ2) is 15.3. The number of urea groups is 1. The number of aromatic carboxylic acids is 1. The standard InChI is InChI=1S/C35H33ClN10O8/c36-22-3-8-28(46-19-37-41-42-46)29(16-22)44-9-10-45(33(50)32(44)49)30(31(48)38-24-6-7-26-21(14-24)15-27(40-26)34(51)52)13-20-1-4-23(5-2-20)39-35(53)43-11-12-54-25(17-43)18-47/h1-8,14-16,19,25,30,40,47H,9-13,17-18H2,(H,38,48)(H,39,53)(H,51,52)/t25-,30+/m1/s1. The van der Waals surface area contributed by atoms with E-state index in [4.69, 9.17) is 16.3 Å². The SMILES string of the molecule is O=C(O)c1cc2cc(NC(=O)[C@H](Cc3ccc(NC(=O)N4CCO[C@@H](CO)C4)cc3)N3CCN(c4cc(Cl)ccc4-n4cnnn4)C(=O)C3=O)ccc2[nH]1. The second-order valence-electron chi connectivity index (χ2n) is 12.6. The lowest BCUT2D eigenvalue weighted by molar-refractivity contribution is -0.149. The number of aromatic nitrogens is 5. The molecular formula is C35H33ClN10O8. The molecule has 4 heterocycles. The molecule has 0 aliphatic carbocycles. The van der Waals surface area contributed by atoms with Crippen molar-refractivity contribution in [1.29, 1.82) is 0 Å². The number of piperazine rings is 1. The zero-order chi connectivity index (χ0) is 37.9. The maximum Gasteiger partial charge on any atom is 0.352 e. The molecule has 0 saturated carbocycles. The zero-order valence-corrected chi connectivity index (χ0v) is 29.1. The minimum Gasteiger partial charge on any atom is -0.477 e. The van der Waals surface area contributed by atoms with Crippen molar-refractivity contribution in [3.8, 4) is 5.69 Å². The third-order valence-corrected chi connectivity index (χ3v) is 9.37. The molecule has 19 heteroatoms. The summed E-state index contributed by atoms with van der Waals surface area (Å²) < 4.78 is 6.76. The highest BCUT2D eigenvalue weighted by atomic mass is 35.5. The van der Waals surface area contributed by atoms with Gasteiger partial charge in [-0.1, -0.05) is 23.7 Å². The first-order chi connectivity index (χ1) is 26.1. The fraction of sp³-hybridized carbons (Fsp3) is 0.257. The van der Waals surface area contributed by atoms with Crippen LogP contribution in [0.3, 0.4) is 0 Å². The van der Waals surface area contributed by atoms with Crippen LogP contribution < -0.4 is 15.5 Å². The van der Waals surface area contributed by atoms with Crippen LogP contribution in [0.15, 0.2) is 73.1 Å². The van der Waals surface area contributed by atoms with Crippen molar-refractivity contribution in [3.63, 3.8) is 0 Å². The number of H-pyrrole nitrogens is 1. The van der Waals surface area contributed by atoms with Gasteiger partial charge in [0.2, 0.25) is 5.91 Å². The van der Waals surface area contributed by atoms with E-state index in [1.54, 1.807) is 59.5 Å². The summed E-state index contributed by atoms with van der Waals surface area (Å²) in [7, 11) is 0. The molecule has 3 aromatic carbocycles. The maximum absolute atomic E-state index is 14.1. The Morgan fingerprint density at radius 3 is 2.48 bits per heavy atom. The number of carboxylic acid groups (broad SMARTS) is 1. The Hall–Kier alpha value is -6.37. The number of carboxylic acids is 1. The number of nitrogens with zero attached hydrogens (tertiary/aromatic N) is 7. The van der Waals surface area contributed by atoms with Crippen molar-refractivity contribution in [2.45, 2.75) is 18.6 Å². The van der Waals surface area contributed by atoms with E-state index in [2.05, 4.69) is 31.1 Å². The van der Waals surface area contributed by atoms with Crippen LogP contribution in [0.2, 0.25) is 5.02 Å². The third-order valence-electron chi connectivity index (χ3n) is 9.14. The highest BCUT2D eigenvalue weighted by molar-refractivity contribution is 6.41. The van der Waals surface area contributed by atoms with Gasteiger partial charge in [0.25, 0.3) is 0 Å². The smallest absolute Gasteiger partial charge is 0.352 e. The first-order valence-corrected chi connectivity index (χ1v) is 17.2. The van der Waals surface area contributed by atoms with Gasteiger partial charge >= 0.3 is 23.8 Å². The first kappa shape index (κ1) is 36.0. The highest BCUT2D eigenvalue weighted by Gasteiger charge is 2.41. The number of halogens is 1. The first-order valence-electron chi connectivity index (χ1n) is 16.8. The predicted molar refractivity (Wildman–Crippen MR) is 193 cm³/mol. The number of benzene rings is 3. The molecule has 2 atom stereocenters. The van der Waals surface area contributed by atoms with Crippen LogP contribution in [0.25, 0.3) is 16.6 Å². The van der Waals surface area contributed by atoms with Gasteiger partial charge in [-0.15, -0.1) is 5.10 Å². The number of ether oxygens (including phenoxy) is 1. The molecule has 18 nitrogen and oxygen atoms in total. The van der Waals surface area contributed by atoms with Crippen LogP contribution >= 0.6 is 11.6 Å². The number of rotatable bonds is 10. The van der Waals surface area contributed by atoms with Crippen molar-refractivity contribution in [3.05, 3.63) is 89.3 Å². The largest absolute Gasteiger partial charge is 0.477 e. The topological polar surface area (TPSA) is 228 Å². The summed E-state index contributed by atoms with van der Waals surface area (Å²) in [4.78, 5) is 73.0. The van der Waals surface area contributed by atoms with Crippen LogP contribution in [0.5, 0.6) is 0 Å². The van der Waals surface area contributed by atoms with E-state index in [1.165, 1.54) is 32.9 Å². The van der Waals surface area contributed by atoms with Gasteiger partial charge < -0.3 is 45.3 Å². The number of anilines is 3. The number of morpholine rings is 1. The molecule has 54 heavy (non-hydrogen) atoms. The van der Waals surface area contributed by atoms with Crippen LogP contribution in [0.1, 0.15) is 16.1 Å². The molecule has 0 bridgehead atoms. The van der Waals surface area contributed by atoms with Gasteiger partial charge in [0.15, 0.2) is 0 Å². The average molecular weight is 757 g/mol. The van der Waals surface area contributed by atoms with E-state index in [0.717, 1.165) is 0 Å². The number of nitrogens with one attached hydrogen (secondary N) is 3. The number of tetrazole rings is 1. The quantitative estimate of drug-likeness (QED) is 0.130. The van der Waals surface area contributed by atoms with Crippen molar-refractivity contribution < 1.29 is 38.9 Å². The summed E-state index contributed by atoms with van der Waals surface area (Å²) in [5.74, 6) is -3.54. The monoisotopic (exact) mass is 756 g/mol. The Morgan fingerprint density at radius 2 is 1.74 bits per heavy atom. The van der Waals surface area contributed by atoms with Gasteiger partial charge in [0.1, 0.15) is 18.1 Å². The van der Waals surface area contributed by atoms with Gasteiger partial charge in [-0.05, 0) is 70.6 Å². The fourth-order valence-electron chi connectivity index (χ4n) is 6.41. The molecule has 0 radical (unpaired) electrons. The van der Waals surface area contributed by atoms with E-state index >= 15 is 0 Å². The molecule has 2 aliphatic heterocycles. The number of carbonyl (C=O) groups is 5. The van der Waals surface area contributed by atoms with E-state index in [9.17, 15) is 34.2 Å².